The molecule has 6 nitrogen and oxygen atoms in total. The summed E-state index contributed by atoms with van der Waals surface area (Å²) in [6, 6.07) is 3.45. The number of nitrogens with zero attached hydrogens (tertiary/aromatic N) is 2. The minimum absolute atomic E-state index is 0.0167. The first-order chi connectivity index (χ1) is 9.70. The Morgan fingerprint density at radius 2 is 2.40 bits per heavy atom. The molecule has 0 aliphatic heterocycles. The van der Waals surface area contributed by atoms with E-state index >= 15 is 0 Å². The number of hydrogen-bond donors (Lipinski definition) is 2. The molecule has 1 aliphatic rings. The van der Waals surface area contributed by atoms with Gasteiger partial charge < -0.3 is 9.73 Å². The zero-order valence-electron chi connectivity index (χ0n) is 11.1. The van der Waals surface area contributed by atoms with E-state index in [-0.39, 0.29) is 12.1 Å². The van der Waals surface area contributed by atoms with Crippen molar-refractivity contribution < 1.29 is 9.21 Å². The van der Waals surface area contributed by atoms with Crippen LogP contribution in [0, 0.1) is 0 Å². The summed E-state index contributed by atoms with van der Waals surface area (Å²) in [6.07, 6.45) is 4.65. The third-order valence-electron chi connectivity index (χ3n) is 3.05. The van der Waals surface area contributed by atoms with Gasteiger partial charge in [-0.2, -0.15) is 0 Å². The van der Waals surface area contributed by atoms with Crippen molar-refractivity contribution in [3.63, 3.8) is 0 Å². The molecule has 0 bridgehead atoms. The van der Waals surface area contributed by atoms with Crippen LogP contribution in [0.25, 0.3) is 0 Å². The molecule has 0 unspecified atom stereocenters. The summed E-state index contributed by atoms with van der Waals surface area (Å²) in [5.41, 5.74) is 0. The van der Waals surface area contributed by atoms with Gasteiger partial charge in [0.1, 0.15) is 10.8 Å². The van der Waals surface area contributed by atoms with Crippen molar-refractivity contribution in [3.8, 4) is 0 Å². The number of nitrogens with one attached hydrogen (secondary N) is 2. The molecule has 1 saturated carbocycles. The van der Waals surface area contributed by atoms with Crippen LogP contribution in [0.15, 0.2) is 22.8 Å². The number of amides is 2. The fraction of sp³-hybridized carbons (Fsp3) is 0.462. The normalized spacial score (nSPS) is 15.8. The van der Waals surface area contributed by atoms with Gasteiger partial charge in [-0.15, -0.1) is 10.2 Å². The van der Waals surface area contributed by atoms with E-state index in [0.717, 1.165) is 10.8 Å². The number of carbonyl (C=O) groups excluding carboxylic acids is 1. The van der Waals surface area contributed by atoms with Gasteiger partial charge in [0.05, 0.1) is 6.26 Å². The van der Waals surface area contributed by atoms with Crippen LogP contribution in [0.1, 0.15) is 36.5 Å². The smallest absolute Gasteiger partial charge is 0.321 e. The van der Waals surface area contributed by atoms with E-state index in [1.807, 2.05) is 19.1 Å². The molecular formula is C13H16N4O2S. The molecule has 0 spiro atoms. The molecule has 1 aliphatic carbocycles. The third kappa shape index (κ3) is 3.36. The quantitative estimate of drug-likeness (QED) is 0.888. The molecule has 0 saturated heterocycles. The van der Waals surface area contributed by atoms with Gasteiger partial charge in [0, 0.05) is 18.4 Å². The molecule has 3 rings (SSSR count). The number of anilines is 1. The van der Waals surface area contributed by atoms with Gasteiger partial charge >= 0.3 is 6.03 Å². The molecule has 20 heavy (non-hydrogen) atoms. The minimum atomic E-state index is -0.262. The van der Waals surface area contributed by atoms with Crippen LogP contribution in [-0.4, -0.2) is 22.3 Å². The predicted molar refractivity (Wildman–Crippen MR) is 75.9 cm³/mol. The number of hydrogen-bond acceptors (Lipinski definition) is 5. The lowest BCUT2D eigenvalue weighted by atomic mass is 10.2. The largest absolute Gasteiger partial charge is 0.469 e. The van der Waals surface area contributed by atoms with Crippen LogP contribution in [0.3, 0.4) is 0 Å². The number of urea groups is 1. The van der Waals surface area contributed by atoms with Crippen LogP contribution < -0.4 is 10.6 Å². The average molecular weight is 292 g/mol. The molecule has 0 radical (unpaired) electrons. The van der Waals surface area contributed by atoms with E-state index in [1.165, 1.54) is 24.2 Å². The standard InChI is InChI=1S/C13H16N4O2S/c1-8(7-10-3-2-6-19-10)14-12(18)15-13-17-16-11(20-13)9-4-5-9/h2-3,6,8-9H,4-5,7H2,1H3,(H2,14,15,17,18)/t8-/m0/s1. The first-order valence-corrected chi connectivity index (χ1v) is 7.45. The summed E-state index contributed by atoms with van der Waals surface area (Å²) in [5, 5.41) is 15.2. The van der Waals surface area contributed by atoms with Crippen LogP contribution in [-0.2, 0) is 6.42 Å². The van der Waals surface area contributed by atoms with Crippen molar-refractivity contribution in [2.24, 2.45) is 0 Å². The number of rotatable bonds is 5. The predicted octanol–water partition coefficient (Wildman–Crippen LogP) is 2.76. The van der Waals surface area contributed by atoms with Crippen molar-refractivity contribution in [1.82, 2.24) is 15.5 Å². The second kappa shape index (κ2) is 5.62. The van der Waals surface area contributed by atoms with Crippen LogP contribution in [0.2, 0.25) is 0 Å². The van der Waals surface area contributed by atoms with Gasteiger partial charge in [-0.25, -0.2) is 4.79 Å². The fourth-order valence-electron chi connectivity index (χ4n) is 1.92. The average Bonchev–Trinajstić information content (AvgIpc) is 2.93. The topological polar surface area (TPSA) is 80.0 Å². The van der Waals surface area contributed by atoms with E-state index in [1.54, 1.807) is 6.26 Å². The summed E-state index contributed by atoms with van der Waals surface area (Å²) in [6.45, 7) is 1.93. The molecule has 2 aromatic heterocycles. The summed E-state index contributed by atoms with van der Waals surface area (Å²) in [5.74, 6) is 1.41. The Bertz CT molecular complexity index is 577. The molecule has 2 heterocycles. The Morgan fingerprint density at radius 1 is 1.55 bits per heavy atom. The minimum Gasteiger partial charge on any atom is -0.469 e. The van der Waals surface area contributed by atoms with Gasteiger partial charge in [0.15, 0.2) is 0 Å². The van der Waals surface area contributed by atoms with Gasteiger partial charge in [0.25, 0.3) is 0 Å². The summed E-state index contributed by atoms with van der Waals surface area (Å²) in [7, 11) is 0. The Labute approximate surface area is 120 Å². The Hall–Kier alpha value is -1.89. The highest BCUT2D eigenvalue weighted by Gasteiger charge is 2.27. The molecule has 2 amide bonds. The van der Waals surface area contributed by atoms with E-state index in [9.17, 15) is 4.79 Å². The van der Waals surface area contributed by atoms with Crippen molar-refractivity contribution in [2.45, 2.75) is 38.1 Å². The highest BCUT2D eigenvalue weighted by Crippen LogP contribution is 2.41. The maximum Gasteiger partial charge on any atom is 0.321 e. The fourth-order valence-corrected chi connectivity index (χ4v) is 2.83. The monoisotopic (exact) mass is 292 g/mol. The maximum atomic E-state index is 11.8. The zero-order valence-corrected chi connectivity index (χ0v) is 11.9. The van der Waals surface area contributed by atoms with Crippen LogP contribution >= 0.6 is 11.3 Å². The van der Waals surface area contributed by atoms with Crippen LogP contribution in [0.4, 0.5) is 9.93 Å². The molecule has 7 heteroatoms. The highest BCUT2D eigenvalue weighted by molar-refractivity contribution is 7.15. The molecule has 1 fully saturated rings. The van der Waals surface area contributed by atoms with E-state index < -0.39 is 0 Å². The lowest BCUT2D eigenvalue weighted by Crippen LogP contribution is -2.37. The molecule has 2 aromatic rings. The van der Waals surface area contributed by atoms with E-state index in [4.69, 9.17) is 4.42 Å². The maximum absolute atomic E-state index is 11.8. The first-order valence-electron chi connectivity index (χ1n) is 6.64. The van der Waals surface area contributed by atoms with E-state index in [0.29, 0.717) is 17.5 Å². The van der Waals surface area contributed by atoms with Gasteiger partial charge in [-0.05, 0) is 31.9 Å². The summed E-state index contributed by atoms with van der Waals surface area (Å²) >= 11 is 1.45. The molecule has 0 aromatic carbocycles. The SMILES string of the molecule is C[C@@H](Cc1ccco1)NC(=O)Nc1nnc(C2CC2)s1. The van der Waals surface area contributed by atoms with Gasteiger partial charge in [-0.1, -0.05) is 11.3 Å². The van der Waals surface area contributed by atoms with Crippen LogP contribution in [0.5, 0.6) is 0 Å². The lowest BCUT2D eigenvalue weighted by molar-refractivity contribution is 0.248. The molecule has 1 atom stereocenters. The van der Waals surface area contributed by atoms with Gasteiger partial charge in [0.2, 0.25) is 5.13 Å². The van der Waals surface area contributed by atoms with Gasteiger partial charge in [-0.3, -0.25) is 5.32 Å². The Balaban J connectivity index is 1.48. The summed E-state index contributed by atoms with van der Waals surface area (Å²) in [4.78, 5) is 11.8. The first kappa shape index (κ1) is 13.1. The third-order valence-corrected chi connectivity index (χ3v) is 4.05. The Kier molecular flexibility index (Phi) is 3.68. The molecular weight excluding hydrogens is 276 g/mol. The van der Waals surface area contributed by atoms with E-state index in [2.05, 4.69) is 20.8 Å². The van der Waals surface area contributed by atoms with Crippen molar-refractivity contribution >= 4 is 22.5 Å². The lowest BCUT2D eigenvalue weighted by Gasteiger charge is -2.12. The number of aromatic nitrogens is 2. The van der Waals surface area contributed by atoms with Crippen molar-refractivity contribution in [3.05, 3.63) is 29.2 Å². The molecule has 106 valence electrons. The summed E-state index contributed by atoms with van der Waals surface area (Å²) < 4.78 is 5.25. The van der Waals surface area contributed by atoms with Crippen molar-refractivity contribution in [1.29, 1.82) is 0 Å². The molecule has 2 N–H and O–H groups in total. The Morgan fingerprint density at radius 3 is 3.10 bits per heavy atom. The number of carbonyl (C=O) groups is 1. The highest BCUT2D eigenvalue weighted by atomic mass is 32.1. The zero-order chi connectivity index (χ0) is 13.9. The second-order valence-corrected chi connectivity index (χ2v) is 6.01. The van der Waals surface area contributed by atoms with Crippen molar-refractivity contribution in [2.75, 3.05) is 5.32 Å². The second-order valence-electron chi connectivity index (χ2n) is 5.00. The number of furan rings is 1.